The van der Waals surface area contributed by atoms with Gasteiger partial charge in [0, 0.05) is 31.1 Å². The summed E-state index contributed by atoms with van der Waals surface area (Å²) in [6, 6.07) is 4.60. The van der Waals surface area contributed by atoms with E-state index in [0.29, 0.717) is 6.17 Å². The SMILES string of the molecule is CC1=CN2c3cc(C)cc(C)c3CC2N1C. The minimum absolute atomic E-state index is 0.510. The lowest BCUT2D eigenvalue weighted by Gasteiger charge is -2.24. The highest BCUT2D eigenvalue weighted by molar-refractivity contribution is 5.66. The molecule has 2 nitrogen and oxygen atoms in total. The summed E-state index contributed by atoms with van der Waals surface area (Å²) in [4.78, 5) is 4.79. The fraction of sp³-hybridized carbons (Fsp3) is 0.429. The molecule has 0 saturated carbocycles. The van der Waals surface area contributed by atoms with Crippen LogP contribution in [0.25, 0.3) is 0 Å². The van der Waals surface area contributed by atoms with Crippen molar-refractivity contribution in [2.24, 2.45) is 0 Å². The highest BCUT2D eigenvalue weighted by Crippen LogP contribution is 2.40. The largest absolute Gasteiger partial charge is 0.356 e. The van der Waals surface area contributed by atoms with E-state index < -0.39 is 0 Å². The molecule has 1 aromatic rings. The first-order chi connectivity index (χ1) is 7.58. The number of benzene rings is 1. The van der Waals surface area contributed by atoms with Crippen molar-refractivity contribution in [1.82, 2.24) is 4.90 Å². The summed E-state index contributed by atoms with van der Waals surface area (Å²) in [5.41, 5.74) is 7.08. The maximum Gasteiger partial charge on any atom is 0.109 e. The molecule has 0 aliphatic carbocycles. The number of nitrogens with zero attached hydrogens (tertiary/aromatic N) is 2. The second-order valence-electron chi connectivity index (χ2n) is 5.05. The van der Waals surface area contributed by atoms with Gasteiger partial charge in [-0.05, 0) is 43.5 Å². The lowest BCUT2D eigenvalue weighted by Crippen LogP contribution is -2.34. The van der Waals surface area contributed by atoms with E-state index in [9.17, 15) is 0 Å². The van der Waals surface area contributed by atoms with Crippen molar-refractivity contribution >= 4 is 5.69 Å². The average molecular weight is 214 g/mol. The molecule has 2 heterocycles. The number of hydrogen-bond acceptors (Lipinski definition) is 2. The molecule has 0 saturated heterocycles. The number of rotatable bonds is 0. The van der Waals surface area contributed by atoms with Gasteiger partial charge in [0.15, 0.2) is 0 Å². The predicted molar refractivity (Wildman–Crippen MR) is 67.4 cm³/mol. The minimum atomic E-state index is 0.510. The Balaban J connectivity index is 2.14. The third-order valence-electron chi connectivity index (χ3n) is 3.91. The van der Waals surface area contributed by atoms with Crippen LogP contribution in [0.1, 0.15) is 23.6 Å². The molecule has 3 rings (SSSR count). The molecule has 0 aromatic heterocycles. The summed E-state index contributed by atoms with van der Waals surface area (Å²) < 4.78 is 0. The molecule has 0 bridgehead atoms. The smallest absolute Gasteiger partial charge is 0.109 e. The zero-order chi connectivity index (χ0) is 11.4. The van der Waals surface area contributed by atoms with Gasteiger partial charge in [0.2, 0.25) is 0 Å². The first kappa shape index (κ1) is 9.76. The molecule has 2 aliphatic rings. The van der Waals surface area contributed by atoms with E-state index in [0.717, 1.165) is 6.42 Å². The molecule has 16 heavy (non-hydrogen) atoms. The molecule has 1 unspecified atom stereocenters. The molecule has 0 amide bonds. The molecular weight excluding hydrogens is 196 g/mol. The third-order valence-corrected chi connectivity index (χ3v) is 3.91. The highest BCUT2D eigenvalue weighted by atomic mass is 15.4. The molecule has 0 spiro atoms. The summed E-state index contributed by atoms with van der Waals surface area (Å²) >= 11 is 0. The second kappa shape index (κ2) is 3.03. The van der Waals surface area contributed by atoms with E-state index >= 15 is 0 Å². The molecule has 84 valence electrons. The van der Waals surface area contributed by atoms with Gasteiger partial charge in [0.1, 0.15) is 6.17 Å². The van der Waals surface area contributed by atoms with Gasteiger partial charge in [0.25, 0.3) is 0 Å². The van der Waals surface area contributed by atoms with Crippen molar-refractivity contribution < 1.29 is 0 Å². The van der Waals surface area contributed by atoms with Gasteiger partial charge in [-0.3, -0.25) is 0 Å². The van der Waals surface area contributed by atoms with Crippen LogP contribution in [0.4, 0.5) is 5.69 Å². The lowest BCUT2D eigenvalue weighted by molar-refractivity contribution is 0.344. The predicted octanol–water partition coefficient (Wildman–Crippen LogP) is 2.80. The van der Waals surface area contributed by atoms with Gasteiger partial charge >= 0.3 is 0 Å². The number of likely N-dealkylation sites (N-methyl/N-ethyl adjacent to an activating group) is 1. The van der Waals surface area contributed by atoms with Crippen LogP contribution in [0, 0.1) is 13.8 Å². The van der Waals surface area contributed by atoms with Crippen LogP contribution < -0.4 is 4.90 Å². The molecular formula is C14H18N2. The second-order valence-corrected chi connectivity index (χ2v) is 5.05. The van der Waals surface area contributed by atoms with Gasteiger partial charge in [-0.2, -0.15) is 0 Å². The Kier molecular flexibility index (Phi) is 1.85. The van der Waals surface area contributed by atoms with Crippen molar-refractivity contribution in [2.75, 3.05) is 11.9 Å². The van der Waals surface area contributed by atoms with Gasteiger partial charge in [0.05, 0.1) is 0 Å². The lowest BCUT2D eigenvalue weighted by atomic mass is 10.0. The van der Waals surface area contributed by atoms with E-state index in [1.165, 1.54) is 28.1 Å². The standard InChI is InChI=1S/C14H18N2/c1-9-5-10(2)12-7-14-15(4)11(3)8-16(14)13(12)6-9/h5-6,8,14H,7H2,1-4H3. The monoisotopic (exact) mass is 214 g/mol. The maximum absolute atomic E-state index is 2.42. The fourth-order valence-electron chi connectivity index (χ4n) is 2.92. The number of aryl methyl sites for hydroxylation is 2. The Bertz CT molecular complexity index is 488. The molecule has 2 heteroatoms. The van der Waals surface area contributed by atoms with Crippen LogP contribution in [-0.4, -0.2) is 18.1 Å². The maximum atomic E-state index is 2.42. The molecule has 0 fully saturated rings. The normalized spacial score (nSPS) is 22.2. The first-order valence-corrected chi connectivity index (χ1v) is 5.87. The van der Waals surface area contributed by atoms with E-state index in [2.05, 4.69) is 56.0 Å². The Labute approximate surface area is 97.2 Å². The zero-order valence-corrected chi connectivity index (χ0v) is 10.4. The summed E-state index contributed by atoms with van der Waals surface area (Å²) in [6.45, 7) is 6.59. The fourth-order valence-corrected chi connectivity index (χ4v) is 2.92. The molecule has 0 radical (unpaired) electrons. The molecule has 0 N–H and O–H groups in total. The summed E-state index contributed by atoms with van der Waals surface area (Å²) in [5.74, 6) is 0. The Morgan fingerprint density at radius 1 is 1.19 bits per heavy atom. The van der Waals surface area contributed by atoms with Crippen LogP contribution in [-0.2, 0) is 6.42 Å². The number of fused-ring (bicyclic) bond motifs is 3. The summed E-state index contributed by atoms with van der Waals surface area (Å²) in [6.07, 6.45) is 3.93. The van der Waals surface area contributed by atoms with Crippen LogP contribution in [0.3, 0.4) is 0 Å². The summed E-state index contributed by atoms with van der Waals surface area (Å²) in [7, 11) is 2.19. The number of hydrogen-bond donors (Lipinski definition) is 0. The van der Waals surface area contributed by atoms with Crippen LogP contribution in [0.2, 0.25) is 0 Å². The topological polar surface area (TPSA) is 6.48 Å². The summed E-state index contributed by atoms with van der Waals surface area (Å²) in [5, 5.41) is 0. The zero-order valence-electron chi connectivity index (χ0n) is 10.4. The minimum Gasteiger partial charge on any atom is -0.356 e. The van der Waals surface area contributed by atoms with Gasteiger partial charge in [-0.1, -0.05) is 6.07 Å². The van der Waals surface area contributed by atoms with E-state index in [-0.39, 0.29) is 0 Å². The van der Waals surface area contributed by atoms with E-state index in [1.54, 1.807) is 0 Å². The highest BCUT2D eigenvalue weighted by Gasteiger charge is 2.36. The van der Waals surface area contributed by atoms with Gasteiger partial charge in [-0.15, -0.1) is 0 Å². The van der Waals surface area contributed by atoms with Crippen LogP contribution >= 0.6 is 0 Å². The van der Waals surface area contributed by atoms with Crippen molar-refractivity contribution in [3.8, 4) is 0 Å². The van der Waals surface area contributed by atoms with E-state index in [1.807, 2.05) is 0 Å². The van der Waals surface area contributed by atoms with Crippen LogP contribution in [0.15, 0.2) is 24.0 Å². The molecule has 2 aliphatic heterocycles. The Morgan fingerprint density at radius 3 is 2.69 bits per heavy atom. The molecule has 1 atom stereocenters. The van der Waals surface area contributed by atoms with E-state index in [4.69, 9.17) is 0 Å². The average Bonchev–Trinajstić information content (AvgIpc) is 2.68. The number of anilines is 1. The van der Waals surface area contributed by atoms with Crippen molar-refractivity contribution in [2.45, 2.75) is 33.4 Å². The Hall–Kier alpha value is -1.44. The third kappa shape index (κ3) is 1.13. The van der Waals surface area contributed by atoms with Crippen LogP contribution in [0.5, 0.6) is 0 Å². The quantitative estimate of drug-likeness (QED) is 0.655. The Morgan fingerprint density at radius 2 is 1.94 bits per heavy atom. The van der Waals surface area contributed by atoms with Gasteiger partial charge in [-0.25, -0.2) is 0 Å². The van der Waals surface area contributed by atoms with Crippen molar-refractivity contribution in [1.29, 1.82) is 0 Å². The number of allylic oxidation sites excluding steroid dienone is 1. The van der Waals surface area contributed by atoms with Crippen molar-refractivity contribution in [3.63, 3.8) is 0 Å². The molecule has 1 aromatic carbocycles. The first-order valence-electron chi connectivity index (χ1n) is 5.87. The van der Waals surface area contributed by atoms with Gasteiger partial charge < -0.3 is 9.80 Å². The van der Waals surface area contributed by atoms with Crippen molar-refractivity contribution in [3.05, 3.63) is 40.7 Å².